The number of rotatable bonds is 1. The van der Waals surface area contributed by atoms with E-state index >= 15 is 0 Å². The number of hydrogen-bond donors (Lipinski definition) is 1. The summed E-state index contributed by atoms with van der Waals surface area (Å²) in [6, 6.07) is 3.81. The standard InChI is InChI=1S/C9H8N4O3/c1-10-9(14)12-8-4-7(13(15)16)3-2-6(8)5-11-12/h2-5H,1H3,(H,10,14). The lowest BCUT2D eigenvalue weighted by atomic mass is 10.2. The van der Waals surface area contributed by atoms with Gasteiger partial charge in [0.1, 0.15) is 0 Å². The van der Waals surface area contributed by atoms with Crippen molar-refractivity contribution in [3.05, 3.63) is 34.5 Å². The predicted molar refractivity (Wildman–Crippen MR) is 56.2 cm³/mol. The van der Waals surface area contributed by atoms with Gasteiger partial charge in [0.05, 0.1) is 16.6 Å². The summed E-state index contributed by atoms with van der Waals surface area (Å²) in [6.45, 7) is 0. The lowest BCUT2D eigenvalue weighted by Gasteiger charge is -2.00. The van der Waals surface area contributed by atoms with Crippen LogP contribution >= 0.6 is 0 Å². The lowest BCUT2D eigenvalue weighted by Crippen LogP contribution is -2.25. The Morgan fingerprint density at radius 1 is 1.56 bits per heavy atom. The van der Waals surface area contributed by atoms with Gasteiger partial charge in [0.15, 0.2) is 0 Å². The van der Waals surface area contributed by atoms with Crippen molar-refractivity contribution in [3.8, 4) is 0 Å². The Morgan fingerprint density at radius 3 is 2.94 bits per heavy atom. The van der Waals surface area contributed by atoms with Crippen LogP contribution in [-0.4, -0.2) is 27.8 Å². The highest BCUT2D eigenvalue weighted by Gasteiger charge is 2.13. The summed E-state index contributed by atoms with van der Waals surface area (Å²) in [7, 11) is 1.47. The van der Waals surface area contributed by atoms with Crippen LogP contribution in [0.2, 0.25) is 0 Å². The van der Waals surface area contributed by atoms with E-state index in [4.69, 9.17) is 0 Å². The van der Waals surface area contributed by atoms with E-state index in [0.29, 0.717) is 10.9 Å². The number of nitro benzene ring substituents is 1. The molecule has 0 saturated heterocycles. The van der Waals surface area contributed by atoms with Crippen LogP contribution in [0.15, 0.2) is 24.4 Å². The Hall–Kier alpha value is -2.44. The monoisotopic (exact) mass is 220 g/mol. The van der Waals surface area contributed by atoms with Crippen LogP contribution in [0.5, 0.6) is 0 Å². The molecule has 0 fully saturated rings. The molecule has 1 aromatic carbocycles. The molecule has 1 aromatic heterocycles. The van der Waals surface area contributed by atoms with Gasteiger partial charge < -0.3 is 5.32 Å². The number of amides is 1. The first-order valence-corrected chi connectivity index (χ1v) is 4.48. The summed E-state index contributed by atoms with van der Waals surface area (Å²) in [6.07, 6.45) is 1.48. The van der Waals surface area contributed by atoms with E-state index in [2.05, 4.69) is 10.4 Å². The van der Waals surface area contributed by atoms with Gasteiger partial charge in [-0.3, -0.25) is 10.1 Å². The third kappa shape index (κ3) is 1.48. The van der Waals surface area contributed by atoms with Crippen LogP contribution in [0.25, 0.3) is 10.9 Å². The predicted octanol–water partition coefficient (Wildman–Crippen LogP) is 1.13. The molecule has 0 spiro atoms. The summed E-state index contributed by atoms with van der Waals surface area (Å²) < 4.78 is 1.09. The highest BCUT2D eigenvalue weighted by molar-refractivity contribution is 5.90. The third-order valence-electron chi connectivity index (χ3n) is 2.17. The smallest absolute Gasteiger partial charge is 0.339 e. The van der Waals surface area contributed by atoms with Crippen LogP contribution in [0.3, 0.4) is 0 Å². The molecule has 1 amide bonds. The number of fused-ring (bicyclic) bond motifs is 1. The highest BCUT2D eigenvalue weighted by Crippen LogP contribution is 2.20. The third-order valence-corrected chi connectivity index (χ3v) is 2.17. The second kappa shape index (κ2) is 3.61. The van der Waals surface area contributed by atoms with E-state index in [1.807, 2.05) is 0 Å². The Bertz CT molecular complexity index is 575. The number of carbonyl (C=O) groups is 1. The van der Waals surface area contributed by atoms with Crippen LogP contribution in [0.1, 0.15) is 0 Å². The first-order valence-electron chi connectivity index (χ1n) is 4.48. The summed E-state index contributed by atoms with van der Waals surface area (Å²) in [4.78, 5) is 21.5. The molecule has 0 aliphatic heterocycles. The largest absolute Gasteiger partial charge is 0.342 e. The summed E-state index contributed by atoms with van der Waals surface area (Å²) in [5, 5.41) is 17.5. The van der Waals surface area contributed by atoms with Crippen molar-refractivity contribution in [2.24, 2.45) is 0 Å². The maximum absolute atomic E-state index is 11.4. The topological polar surface area (TPSA) is 90.1 Å². The molecule has 1 N–H and O–H groups in total. The number of nitro groups is 1. The average Bonchev–Trinajstić information content (AvgIpc) is 2.70. The molecule has 1 heterocycles. The minimum atomic E-state index is -0.513. The molecule has 0 aliphatic carbocycles. The van der Waals surface area contributed by atoms with Gasteiger partial charge in [-0.15, -0.1) is 0 Å². The molecule has 0 saturated carbocycles. The van der Waals surface area contributed by atoms with Crippen molar-refractivity contribution in [3.63, 3.8) is 0 Å². The molecular weight excluding hydrogens is 212 g/mol. The van der Waals surface area contributed by atoms with Gasteiger partial charge in [0, 0.05) is 24.6 Å². The molecule has 2 rings (SSSR count). The fraction of sp³-hybridized carbons (Fsp3) is 0.111. The van der Waals surface area contributed by atoms with E-state index in [1.54, 1.807) is 6.07 Å². The number of non-ortho nitro benzene ring substituents is 1. The van der Waals surface area contributed by atoms with Crippen molar-refractivity contribution < 1.29 is 9.72 Å². The lowest BCUT2D eigenvalue weighted by molar-refractivity contribution is -0.384. The zero-order valence-corrected chi connectivity index (χ0v) is 8.38. The average molecular weight is 220 g/mol. The maximum Gasteiger partial charge on any atom is 0.342 e. The fourth-order valence-corrected chi connectivity index (χ4v) is 1.39. The van der Waals surface area contributed by atoms with Crippen LogP contribution in [0, 0.1) is 10.1 Å². The summed E-state index contributed by atoms with van der Waals surface area (Å²) >= 11 is 0. The molecule has 0 bridgehead atoms. The summed E-state index contributed by atoms with van der Waals surface area (Å²) in [5.41, 5.74) is 0.340. The molecule has 16 heavy (non-hydrogen) atoms. The second-order valence-electron chi connectivity index (χ2n) is 3.11. The molecule has 0 atom stereocenters. The number of carbonyl (C=O) groups excluding carboxylic acids is 1. The zero-order valence-electron chi connectivity index (χ0n) is 8.38. The molecule has 7 heteroatoms. The summed E-state index contributed by atoms with van der Waals surface area (Å²) in [5.74, 6) is 0. The van der Waals surface area contributed by atoms with Gasteiger partial charge in [-0.2, -0.15) is 9.78 Å². The van der Waals surface area contributed by atoms with Gasteiger partial charge in [-0.25, -0.2) is 4.79 Å². The fourth-order valence-electron chi connectivity index (χ4n) is 1.39. The SMILES string of the molecule is CNC(=O)n1ncc2ccc([N+](=O)[O-])cc21. The van der Waals surface area contributed by atoms with E-state index in [0.717, 1.165) is 4.68 Å². The Balaban J connectivity index is 2.64. The van der Waals surface area contributed by atoms with Crippen molar-refractivity contribution >= 4 is 22.6 Å². The van der Waals surface area contributed by atoms with Crippen molar-refractivity contribution in [1.29, 1.82) is 0 Å². The van der Waals surface area contributed by atoms with Crippen molar-refractivity contribution in [2.75, 3.05) is 7.05 Å². The second-order valence-corrected chi connectivity index (χ2v) is 3.11. The van der Waals surface area contributed by atoms with E-state index in [-0.39, 0.29) is 5.69 Å². The minimum absolute atomic E-state index is 0.0712. The number of aromatic nitrogens is 2. The molecule has 0 aliphatic rings. The first-order chi connectivity index (χ1) is 7.63. The van der Waals surface area contributed by atoms with Crippen LogP contribution in [-0.2, 0) is 0 Å². The molecule has 0 unspecified atom stereocenters. The number of nitrogens with one attached hydrogen (secondary N) is 1. The normalized spacial score (nSPS) is 10.3. The first kappa shape index (κ1) is 10.1. The highest BCUT2D eigenvalue weighted by atomic mass is 16.6. The number of hydrogen-bond acceptors (Lipinski definition) is 4. The Morgan fingerprint density at radius 2 is 2.31 bits per heavy atom. The van der Waals surface area contributed by atoms with Gasteiger partial charge >= 0.3 is 6.03 Å². The molecule has 82 valence electrons. The molecule has 0 radical (unpaired) electrons. The maximum atomic E-state index is 11.4. The Kier molecular flexibility index (Phi) is 2.28. The van der Waals surface area contributed by atoms with Crippen LogP contribution in [0.4, 0.5) is 10.5 Å². The quantitative estimate of drug-likeness (QED) is 0.576. The molecule has 2 aromatic rings. The minimum Gasteiger partial charge on any atom is -0.339 e. The van der Waals surface area contributed by atoms with Crippen LogP contribution < -0.4 is 5.32 Å². The zero-order chi connectivity index (χ0) is 11.7. The molecular formula is C9H8N4O3. The van der Waals surface area contributed by atoms with E-state index in [1.165, 1.54) is 25.4 Å². The number of benzene rings is 1. The van der Waals surface area contributed by atoms with Crippen molar-refractivity contribution in [1.82, 2.24) is 15.1 Å². The van der Waals surface area contributed by atoms with Gasteiger partial charge in [-0.1, -0.05) is 0 Å². The Labute approximate surface area is 89.8 Å². The van der Waals surface area contributed by atoms with E-state index in [9.17, 15) is 14.9 Å². The van der Waals surface area contributed by atoms with Gasteiger partial charge in [0.25, 0.3) is 5.69 Å². The van der Waals surface area contributed by atoms with Gasteiger partial charge in [0.2, 0.25) is 0 Å². The molecule has 7 nitrogen and oxygen atoms in total. The number of nitrogens with zero attached hydrogens (tertiary/aromatic N) is 3. The van der Waals surface area contributed by atoms with E-state index < -0.39 is 11.0 Å². The van der Waals surface area contributed by atoms with Gasteiger partial charge in [-0.05, 0) is 6.07 Å². The van der Waals surface area contributed by atoms with Crippen molar-refractivity contribution in [2.45, 2.75) is 0 Å².